The summed E-state index contributed by atoms with van der Waals surface area (Å²) in [6, 6.07) is 29.7. The summed E-state index contributed by atoms with van der Waals surface area (Å²) >= 11 is 0. The number of benzene rings is 2. The van der Waals surface area contributed by atoms with Crippen molar-refractivity contribution >= 4 is 57.1 Å². The molecular weight excluding hydrogens is 416 g/mol. The summed E-state index contributed by atoms with van der Waals surface area (Å²) in [5, 5.41) is 2.46. The molecule has 0 atom stereocenters. The zero-order valence-corrected chi connectivity index (χ0v) is 18.3. The first-order chi connectivity index (χ1) is 16.8. The summed E-state index contributed by atoms with van der Waals surface area (Å²) in [5.74, 6) is 0. The molecule has 7 rings (SSSR count). The molecule has 34 heavy (non-hydrogen) atoms. The Balaban J connectivity index is 1.57. The zero-order valence-electron chi connectivity index (χ0n) is 18.3. The molecule has 2 N–H and O–H groups in total. The Kier molecular flexibility index (Phi) is 4.11. The maximum Gasteiger partial charge on any atom is 0.0659 e. The highest BCUT2D eigenvalue weighted by molar-refractivity contribution is 6.02. The number of aromatic nitrogens is 4. The summed E-state index contributed by atoms with van der Waals surface area (Å²) in [6.45, 7) is 0. The molecule has 5 heterocycles. The van der Waals surface area contributed by atoms with E-state index in [1.54, 1.807) is 0 Å². The van der Waals surface area contributed by atoms with Crippen molar-refractivity contribution in [1.29, 1.82) is 0 Å². The van der Waals surface area contributed by atoms with Crippen LogP contribution in [0.25, 0.3) is 68.3 Å². The van der Waals surface area contributed by atoms with Gasteiger partial charge in [-0.25, -0.2) is 9.97 Å². The first-order valence-corrected chi connectivity index (χ1v) is 11.3. The van der Waals surface area contributed by atoms with Crippen molar-refractivity contribution in [3.05, 3.63) is 108 Å². The average Bonchev–Trinajstić information content (AvgIpc) is 3.64. The van der Waals surface area contributed by atoms with Gasteiger partial charge in [0.25, 0.3) is 0 Å². The van der Waals surface area contributed by atoms with Crippen LogP contribution in [0, 0.1) is 0 Å². The molecule has 8 bridgehead atoms. The SMILES string of the molecule is C1=Cc2cc3ccc(cc4cc(-c5cccc6ccccc56)c(cc5nc(cc1n2)C=C5)[nH]4)[nH]3. The Morgan fingerprint density at radius 2 is 1.15 bits per heavy atom. The normalized spacial score (nSPS) is 12.5. The van der Waals surface area contributed by atoms with Crippen LogP contribution in [0.5, 0.6) is 0 Å². The molecule has 2 aliphatic heterocycles. The largest absolute Gasteiger partial charge is 0.355 e. The third-order valence-corrected chi connectivity index (χ3v) is 6.25. The third-order valence-electron chi connectivity index (χ3n) is 6.25. The zero-order chi connectivity index (χ0) is 22.5. The van der Waals surface area contributed by atoms with Crippen LogP contribution >= 0.6 is 0 Å². The highest BCUT2D eigenvalue weighted by Crippen LogP contribution is 2.33. The van der Waals surface area contributed by atoms with Crippen LogP contribution in [0.15, 0.2) is 84.9 Å². The van der Waals surface area contributed by atoms with Crippen LogP contribution in [0.2, 0.25) is 0 Å². The van der Waals surface area contributed by atoms with E-state index < -0.39 is 0 Å². The van der Waals surface area contributed by atoms with Crippen molar-refractivity contribution < 1.29 is 0 Å². The monoisotopic (exact) mass is 436 g/mol. The lowest BCUT2D eigenvalue weighted by Crippen LogP contribution is -1.80. The molecule has 160 valence electrons. The number of hydrogen-bond donors (Lipinski definition) is 2. The van der Waals surface area contributed by atoms with Crippen LogP contribution in [-0.2, 0) is 0 Å². The molecule has 0 unspecified atom stereocenters. The van der Waals surface area contributed by atoms with Gasteiger partial charge in [-0.2, -0.15) is 0 Å². The molecule has 4 nitrogen and oxygen atoms in total. The lowest BCUT2D eigenvalue weighted by atomic mass is 9.99. The maximum absolute atomic E-state index is 4.82. The van der Waals surface area contributed by atoms with Gasteiger partial charge in [0.15, 0.2) is 0 Å². The van der Waals surface area contributed by atoms with E-state index in [1.807, 2.05) is 30.4 Å². The summed E-state index contributed by atoms with van der Waals surface area (Å²) in [6.07, 6.45) is 8.13. The Morgan fingerprint density at radius 1 is 0.471 bits per heavy atom. The van der Waals surface area contributed by atoms with Crippen molar-refractivity contribution in [2.24, 2.45) is 0 Å². The first-order valence-electron chi connectivity index (χ1n) is 11.3. The van der Waals surface area contributed by atoms with Gasteiger partial charge in [-0.15, -0.1) is 0 Å². The van der Waals surface area contributed by atoms with Crippen LogP contribution in [0.1, 0.15) is 22.8 Å². The Labute approximate surface area is 196 Å². The highest BCUT2D eigenvalue weighted by Gasteiger charge is 2.09. The smallest absolute Gasteiger partial charge is 0.0659 e. The number of fused-ring (bicyclic) bond motifs is 9. The van der Waals surface area contributed by atoms with Crippen LogP contribution < -0.4 is 0 Å². The highest BCUT2D eigenvalue weighted by atomic mass is 14.8. The van der Waals surface area contributed by atoms with E-state index in [9.17, 15) is 0 Å². The second kappa shape index (κ2) is 7.42. The lowest BCUT2D eigenvalue weighted by Gasteiger charge is -2.05. The molecule has 0 spiro atoms. The van der Waals surface area contributed by atoms with E-state index in [2.05, 4.69) is 88.8 Å². The predicted octanol–water partition coefficient (Wildman–Crippen LogP) is 7.48. The van der Waals surface area contributed by atoms with Crippen LogP contribution in [0.3, 0.4) is 0 Å². The quantitative estimate of drug-likeness (QED) is 0.280. The molecular formula is C30H20N4. The topological polar surface area (TPSA) is 57.4 Å². The molecule has 0 fully saturated rings. The van der Waals surface area contributed by atoms with E-state index in [1.165, 1.54) is 16.3 Å². The second-order valence-electron chi connectivity index (χ2n) is 8.61. The van der Waals surface area contributed by atoms with Gasteiger partial charge >= 0.3 is 0 Å². The molecule has 0 saturated heterocycles. The van der Waals surface area contributed by atoms with E-state index in [0.29, 0.717) is 0 Å². The predicted molar refractivity (Wildman–Crippen MR) is 142 cm³/mol. The standard InChI is InChI=1S/C30H20N4/c1-2-6-27-19(4-1)5-3-7-28(27)29-17-26-16-24-11-10-22(32-24)14-20-8-9-21(31-20)15-23-12-13-25(33-23)18-30(29)34-26/h1-18,32,34H. The molecule has 3 aromatic heterocycles. The van der Waals surface area contributed by atoms with E-state index in [0.717, 1.165) is 50.4 Å². The van der Waals surface area contributed by atoms with Gasteiger partial charge in [0.1, 0.15) is 0 Å². The van der Waals surface area contributed by atoms with Gasteiger partial charge in [-0.1, -0.05) is 42.5 Å². The number of aromatic amines is 2. The summed E-state index contributed by atoms with van der Waals surface area (Å²) in [5.41, 5.74) is 10.1. The Bertz CT molecular complexity index is 1810. The lowest BCUT2D eigenvalue weighted by molar-refractivity contribution is 1.28. The van der Waals surface area contributed by atoms with E-state index >= 15 is 0 Å². The summed E-state index contributed by atoms with van der Waals surface area (Å²) < 4.78 is 0. The van der Waals surface area contributed by atoms with Gasteiger partial charge in [-0.3, -0.25) is 0 Å². The third kappa shape index (κ3) is 3.33. The molecule has 0 saturated carbocycles. The van der Waals surface area contributed by atoms with E-state index in [-0.39, 0.29) is 0 Å². The minimum atomic E-state index is 0.898. The minimum absolute atomic E-state index is 0.898. The van der Waals surface area contributed by atoms with Crippen molar-refractivity contribution in [2.45, 2.75) is 0 Å². The van der Waals surface area contributed by atoms with Crippen LogP contribution in [0.4, 0.5) is 0 Å². The van der Waals surface area contributed by atoms with Crippen molar-refractivity contribution in [2.75, 3.05) is 0 Å². The van der Waals surface area contributed by atoms with E-state index in [4.69, 9.17) is 9.97 Å². The Hall–Kier alpha value is -4.70. The molecule has 4 heteroatoms. The van der Waals surface area contributed by atoms with Crippen molar-refractivity contribution in [3.8, 4) is 11.1 Å². The molecule has 0 amide bonds. The number of rotatable bonds is 1. The second-order valence-corrected chi connectivity index (χ2v) is 8.61. The summed E-state index contributed by atoms with van der Waals surface area (Å²) in [4.78, 5) is 16.6. The van der Waals surface area contributed by atoms with Gasteiger partial charge in [0, 0.05) is 27.6 Å². The fourth-order valence-electron chi connectivity index (χ4n) is 4.70. The van der Waals surface area contributed by atoms with Crippen LogP contribution in [-0.4, -0.2) is 19.9 Å². The molecule has 5 aromatic rings. The van der Waals surface area contributed by atoms with Crippen molar-refractivity contribution in [3.63, 3.8) is 0 Å². The number of H-pyrrole nitrogens is 2. The van der Waals surface area contributed by atoms with Gasteiger partial charge in [0.05, 0.1) is 22.8 Å². The molecule has 0 aliphatic carbocycles. The number of hydrogen-bond acceptors (Lipinski definition) is 2. The minimum Gasteiger partial charge on any atom is -0.355 e. The molecule has 0 radical (unpaired) electrons. The first kappa shape index (κ1) is 18.8. The number of nitrogens with zero attached hydrogens (tertiary/aromatic N) is 2. The van der Waals surface area contributed by atoms with Gasteiger partial charge in [0.2, 0.25) is 0 Å². The average molecular weight is 437 g/mol. The fraction of sp³-hybridized carbons (Fsp3) is 0. The van der Waals surface area contributed by atoms with Gasteiger partial charge in [-0.05, 0) is 83.1 Å². The fourth-order valence-corrected chi connectivity index (χ4v) is 4.70. The molecule has 2 aromatic carbocycles. The van der Waals surface area contributed by atoms with Crippen molar-refractivity contribution in [1.82, 2.24) is 19.9 Å². The van der Waals surface area contributed by atoms with Gasteiger partial charge < -0.3 is 9.97 Å². The molecule has 2 aliphatic rings. The summed E-state index contributed by atoms with van der Waals surface area (Å²) in [7, 11) is 0. The maximum atomic E-state index is 4.82. The Morgan fingerprint density at radius 3 is 1.97 bits per heavy atom. The number of nitrogens with one attached hydrogen (secondary N) is 2.